The van der Waals surface area contributed by atoms with Crippen molar-refractivity contribution in [1.82, 2.24) is 14.9 Å². The maximum atomic E-state index is 13.3. The van der Waals surface area contributed by atoms with Gasteiger partial charge in [0.2, 0.25) is 0 Å². The monoisotopic (exact) mass is 388 g/mol. The lowest BCUT2D eigenvalue weighted by atomic mass is 9.96. The number of nitrogens with zero attached hydrogens (tertiary/aromatic N) is 2. The number of fused-ring (bicyclic) bond motifs is 1. The molecule has 4 nitrogen and oxygen atoms in total. The van der Waals surface area contributed by atoms with Gasteiger partial charge in [-0.05, 0) is 55.4 Å². The highest BCUT2D eigenvalue weighted by Crippen LogP contribution is 2.28. The van der Waals surface area contributed by atoms with Crippen molar-refractivity contribution in [3.63, 3.8) is 0 Å². The van der Waals surface area contributed by atoms with E-state index in [9.17, 15) is 4.39 Å². The minimum Gasteiger partial charge on any atom is -0.349 e. The predicted octanol–water partition coefficient (Wildman–Crippen LogP) is 4.93. The number of piperidine rings is 1. The third-order valence-corrected chi connectivity index (χ3v) is 5.40. The summed E-state index contributed by atoms with van der Waals surface area (Å²) in [5.41, 5.74) is 2.78. The van der Waals surface area contributed by atoms with E-state index in [1.165, 1.54) is 6.07 Å². The van der Waals surface area contributed by atoms with Crippen molar-refractivity contribution in [1.29, 1.82) is 0 Å². The van der Waals surface area contributed by atoms with Crippen LogP contribution in [0.2, 0.25) is 5.02 Å². The van der Waals surface area contributed by atoms with Gasteiger partial charge in [0.25, 0.3) is 0 Å². The average Bonchev–Trinajstić information content (AvgIpc) is 3.09. The molecule has 0 unspecified atom stereocenters. The van der Waals surface area contributed by atoms with Gasteiger partial charge in [0.15, 0.2) is 5.11 Å². The van der Waals surface area contributed by atoms with Crippen molar-refractivity contribution in [2.24, 2.45) is 0 Å². The molecular weight excluding hydrogens is 371 g/mol. The van der Waals surface area contributed by atoms with Crippen molar-refractivity contribution in [3.8, 4) is 0 Å². The van der Waals surface area contributed by atoms with Gasteiger partial charge in [-0.1, -0.05) is 23.7 Å². The summed E-state index contributed by atoms with van der Waals surface area (Å²) in [6.07, 6.45) is 1.96. The summed E-state index contributed by atoms with van der Waals surface area (Å²) in [5, 5.41) is 3.86. The van der Waals surface area contributed by atoms with Gasteiger partial charge in [-0.2, -0.15) is 0 Å². The summed E-state index contributed by atoms with van der Waals surface area (Å²) in [4.78, 5) is 10.3. The van der Waals surface area contributed by atoms with Gasteiger partial charge in [-0.25, -0.2) is 9.37 Å². The molecule has 0 atom stereocenters. The highest BCUT2D eigenvalue weighted by Gasteiger charge is 2.24. The Morgan fingerprint density at radius 3 is 2.73 bits per heavy atom. The smallest absolute Gasteiger partial charge is 0.173 e. The molecule has 0 saturated carbocycles. The first-order valence-electron chi connectivity index (χ1n) is 8.56. The Balaban J connectivity index is 1.38. The summed E-state index contributed by atoms with van der Waals surface area (Å²) in [6.45, 7) is 1.70. The molecule has 26 heavy (non-hydrogen) atoms. The van der Waals surface area contributed by atoms with Gasteiger partial charge in [-0.15, -0.1) is 0 Å². The molecular formula is C19H18ClFN4S. The Morgan fingerprint density at radius 2 is 2.00 bits per heavy atom. The van der Waals surface area contributed by atoms with Gasteiger partial charge in [0.1, 0.15) is 11.6 Å². The number of aromatic amines is 1. The molecule has 1 aliphatic rings. The number of anilines is 1. The normalized spacial score (nSPS) is 15.4. The zero-order valence-electron chi connectivity index (χ0n) is 14.0. The van der Waals surface area contributed by atoms with E-state index in [1.54, 1.807) is 12.1 Å². The molecule has 3 aromatic rings. The third kappa shape index (κ3) is 3.52. The number of hydrogen-bond acceptors (Lipinski definition) is 2. The number of para-hydroxylation sites is 2. The molecule has 2 N–H and O–H groups in total. The van der Waals surface area contributed by atoms with E-state index in [0.29, 0.717) is 16.7 Å². The zero-order chi connectivity index (χ0) is 18.1. The fraction of sp³-hybridized carbons (Fsp3) is 0.263. The third-order valence-electron chi connectivity index (χ3n) is 4.75. The molecule has 1 aromatic heterocycles. The number of rotatable bonds is 2. The van der Waals surface area contributed by atoms with Crippen LogP contribution in [0.1, 0.15) is 24.6 Å². The van der Waals surface area contributed by atoms with Gasteiger partial charge < -0.3 is 15.2 Å². The van der Waals surface area contributed by atoms with Gasteiger partial charge in [0, 0.05) is 24.7 Å². The van der Waals surface area contributed by atoms with Crippen LogP contribution < -0.4 is 5.32 Å². The summed E-state index contributed by atoms with van der Waals surface area (Å²) < 4.78 is 13.3. The lowest BCUT2D eigenvalue weighted by molar-refractivity contribution is 0.311. The number of imidazole rings is 1. The molecule has 0 bridgehead atoms. The van der Waals surface area contributed by atoms with Crippen LogP contribution in [0, 0.1) is 5.82 Å². The lowest BCUT2D eigenvalue weighted by Gasteiger charge is -2.33. The topological polar surface area (TPSA) is 44.0 Å². The van der Waals surface area contributed by atoms with E-state index in [4.69, 9.17) is 28.8 Å². The minimum absolute atomic E-state index is 0.0846. The van der Waals surface area contributed by atoms with Crippen LogP contribution >= 0.6 is 23.8 Å². The molecule has 2 aromatic carbocycles. The van der Waals surface area contributed by atoms with E-state index in [2.05, 4.69) is 15.2 Å². The second-order valence-electron chi connectivity index (χ2n) is 6.46. The maximum absolute atomic E-state index is 13.3. The van der Waals surface area contributed by atoms with E-state index in [0.717, 1.165) is 42.8 Å². The molecule has 0 aliphatic carbocycles. The molecule has 7 heteroatoms. The molecule has 1 saturated heterocycles. The predicted molar refractivity (Wildman–Crippen MR) is 107 cm³/mol. The Morgan fingerprint density at radius 1 is 1.23 bits per heavy atom. The fourth-order valence-electron chi connectivity index (χ4n) is 3.30. The number of nitrogens with one attached hydrogen (secondary N) is 2. The van der Waals surface area contributed by atoms with Crippen LogP contribution in [-0.4, -0.2) is 33.1 Å². The molecule has 0 spiro atoms. The van der Waals surface area contributed by atoms with E-state index in [-0.39, 0.29) is 5.02 Å². The summed E-state index contributed by atoms with van der Waals surface area (Å²) in [7, 11) is 0. The number of aromatic nitrogens is 2. The summed E-state index contributed by atoms with van der Waals surface area (Å²) in [5.74, 6) is 1.02. The van der Waals surface area contributed by atoms with Crippen LogP contribution in [0.25, 0.3) is 11.0 Å². The molecule has 0 amide bonds. The number of hydrogen-bond donors (Lipinski definition) is 2. The second-order valence-corrected chi connectivity index (χ2v) is 7.25. The fourth-order valence-corrected chi connectivity index (χ4v) is 3.78. The Hall–Kier alpha value is -2.18. The van der Waals surface area contributed by atoms with Crippen LogP contribution in [0.4, 0.5) is 10.1 Å². The highest BCUT2D eigenvalue weighted by molar-refractivity contribution is 7.80. The first-order valence-corrected chi connectivity index (χ1v) is 9.34. The average molecular weight is 389 g/mol. The van der Waals surface area contributed by atoms with Gasteiger partial charge in [0.05, 0.1) is 16.1 Å². The molecule has 4 rings (SSSR count). The SMILES string of the molecule is Fc1ccc(NC(=S)N2CCC(c3nc4ccccc4[nH]3)CC2)cc1Cl. The van der Waals surface area contributed by atoms with Crippen molar-refractivity contribution in [2.75, 3.05) is 18.4 Å². The Labute approximate surface area is 161 Å². The van der Waals surface area contributed by atoms with Crippen LogP contribution in [-0.2, 0) is 0 Å². The number of H-pyrrole nitrogens is 1. The zero-order valence-corrected chi connectivity index (χ0v) is 15.6. The molecule has 2 heterocycles. The van der Waals surface area contributed by atoms with E-state index < -0.39 is 5.82 Å². The molecule has 1 fully saturated rings. The number of thiocarbonyl (C=S) groups is 1. The minimum atomic E-state index is -0.435. The summed E-state index contributed by atoms with van der Waals surface area (Å²) >= 11 is 11.3. The lowest BCUT2D eigenvalue weighted by Crippen LogP contribution is -2.40. The quantitative estimate of drug-likeness (QED) is 0.611. The van der Waals surface area contributed by atoms with Crippen molar-refractivity contribution >= 4 is 45.7 Å². The standard InChI is InChI=1S/C19H18ClFN4S/c20-14-11-13(5-6-15(14)21)22-19(26)25-9-7-12(8-10-25)18-23-16-3-1-2-4-17(16)24-18/h1-6,11-12H,7-10H2,(H,22,26)(H,23,24). The second kappa shape index (κ2) is 7.21. The van der Waals surface area contributed by atoms with Crippen LogP contribution in [0.15, 0.2) is 42.5 Å². The van der Waals surface area contributed by atoms with Crippen molar-refractivity contribution in [2.45, 2.75) is 18.8 Å². The van der Waals surface area contributed by atoms with E-state index in [1.807, 2.05) is 24.3 Å². The van der Waals surface area contributed by atoms with Crippen molar-refractivity contribution < 1.29 is 4.39 Å². The first-order chi connectivity index (χ1) is 12.6. The number of benzene rings is 2. The summed E-state index contributed by atoms with van der Waals surface area (Å²) in [6, 6.07) is 12.6. The first kappa shape index (κ1) is 17.2. The molecule has 1 aliphatic heterocycles. The maximum Gasteiger partial charge on any atom is 0.173 e. The van der Waals surface area contributed by atoms with Crippen LogP contribution in [0.3, 0.4) is 0 Å². The van der Waals surface area contributed by atoms with Gasteiger partial charge >= 0.3 is 0 Å². The number of halogens is 2. The molecule has 134 valence electrons. The Kier molecular flexibility index (Phi) is 4.78. The molecule has 0 radical (unpaired) electrons. The highest BCUT2D eigenvalue weighted by atomic mass is 35.5. The van der Waals surface area contributed by atoms with Gasteiger partial charge in [-0.3, -0.25) is 0 Å². The largest absolute Gasteiger partial charge is 0.349 e. The number of likely N-dealkylation sites (tertiary alicyclic amines) is 1. The Bertz CT molecular complexity index is 917. The van der Waals surface area contributed by atoms with Crippen molar-refractivity contribution in [3.05, 3.63) is 59.1 Å². The van der Waals surface area contributed by atoms with Crippen LogP contribution in [0.5, 0.6) is 0 Å². The van der Waals surface area contributed by atoms with E-state index >= 15 is 0 Å².